The lowest BCUT2D eigenvalue weighted by Crippen LogP contribution is -2.48. The maximum absolute atomic E-state index is 12.2. The van der Waals surface area contributed by atoms with Gasteiger partial charge >= 0.3 is 5.97 Å². The monoisotopic (exact) mass is 300 g/mol. The minimum absolute atomic E-state index is 0.0521. The van der Waals surface area contributed by atoms with Crippen LogP contribution in [0.3, 0.4) is 0 Å². The minimum Gasteiger partial charge on any atom is -0.465 e. The van der Waals surface area contributed by atoms with Gasteiger partial charge in [0, 0.05) is 13.1 Å². The molecule has 0 saturated heterocycles. The molecule has 0 spiro atoms. The summed E-state index contributed by atoms with van der Waals surface area (Å²) in [5, 5.41) is 3.09. The van der Waals surface area contributed by atoms with Crippen LogP contribution in [-0.2, 0) is 14.3 Å². The summed E-state index contributed by atoms with van der Waals surface area (Å²) in [6, 6.07) is -0.413. The standard InChI is InChI=1S/C16H32N2O3/c1-6-10-18(11-7-2)14(19)12-17-15(13(5)8-3)16(20)21-9-4/h13,15,17H,6-12H2,1-5H3/t13-,15+/m1/s1. The molecule has 1 amide bonds. The third-order valence-corrected chi connectivity index (χ3v) is 3.57. The van der Waals surface area contributed by atoms with Crippen molar-refractivity contribution in [3.63, 3.8) is 0 Å². The van der Waals surface area contributed by atoms with Crippen LogP contribution < -0.4 is 5.32 Å². The summed E-state index contributed by atoms with van der Waals surface area (Å²) in [6.45, 7) is 12.0. The number of rotatable bonds is 11. The SMILES string of the molecule is CCCN(CCC)C(=O)CN[C@H](C(=O)OCC)[C@H](C)CC. The van der Waals surface area contributed by atoms with Gasteiger partial charge < -0.3 is 9.64 Å². The highest BCUT2D eigenvalue weighted by Gasteiger charge is 2.26. The zero-order chi connectivity index (χ0) is 16.3. The van der Waals surface area contributed by atoms with Crippen LogP contribution in [0.5, 0.6) is 0 Å². The lowest BCUT2D eigenvalue weighted by Gasteiger charge is -2.25. The molecule has 5 nitrogen and oxygen atoms in total. The second-order valence-electron chi connectivity index (χ2n) is 5.38. The molecule has 0 bridgehead atoms. The smallest absolute Gasteiger partial charge is 0.323 e. The van der Waals surface area contributed by atoms with E-state index in [-0.39, 0.29) is 24.3 Å². The van der Waals surface area contributed by atoms with Crippen molar-refractivity contribution < 1.29 is 14.3 Å². The molecule has 5 heteroatoms. The Labute approximate surface area is 129 Å². The zero-order valence-corrected chi connectivity index (χ0v) is 14.3. The number of carbonyl (C=O) groups is 2. The maximum atomic E-state index is 12.2. The minimum atomic E-state index is -0.413. The molecular weight excluding hydrogens is 268 g/mol. The normalized spacial score (nSPS) is 13.6. The molecule has 0 aliphatic rings. The van der Waals surface area contributed by atoms with Gasteiger partial charge in [-0.25, -0.2) is 0 Å². The van der Waals surface area contributed by atoms with Crippen LogP contribution in [0.4, 0.5) is 0 Å². The Kier molecular flexibility index (Phi) is 10.9. The average molecular weight is 300 g/mol. The summed E-state index contributed by atoms with van der Waals surface area (Å²) in [6.07, 6.45) is 2.75. The number of amides is 1. The van der Waals surface area contributed by atoms with Crippen LogP contribution in [0.25, 0.3) is 0 Å². The maximum Gasteiger partial charge on any atom is 0.323 e. The molecule has 1 N–H and O–H groups in total. The Hall–Kier alpha value is -1.10. The Morgan fingerprint density at radius 2 is 1.67 bits per heavy atom. The van der Waals surface area contributed by atoms with Crippen molar-refractivity contribution in [1.82, 2.24) is 10.2 Å². The molecule has 124 valence electrons. The molecular formula is C16H32N2O3. The summed E-state index contributed by atoms with van der Waals surface area (Å²) in [5.74, 6) is -0.0730. The summed E-state index contributed by atoms with van der Waals surface area (Å²) in [5.41, 5.74) is 0. The molecule has 0 fully saturated rings. The van der Waals surface area contributed by atoms with Crippen LogP contribution in [0, 0.1) is 5.92 Å². The number of hydrogen-bond donors (Lipinski definition) is 1. The molecule has 0 radical (unpaired) electrons. The van der Waals surface area contributed by atoms with Crippen LogP contribution in [0.15, 0.2) is 0 Å². The van der Waals surface area contributed by atoms with Gasteiger partial charge in [0.25, 0.3) is 0 Å². The zero-order valence-electron chi connectivity index (χ0n) is 14.3. The number of hydrogen-bond acceptors (Lipinski definition) is 4. The third kappa shape index (κ3) is 7.46. The number of esters is 1. The van der Waals surface area contributed by atoms with Gasteiger partial charge in [-0.15, -0.1) is 0 Å². The van der Waals surface area contributed by atoms with Crippen molar-refractivity contribution in [2.24, 2.45) is 5.92 Å². The van der Waals surface area contributed by atoms with Gasteiger partial charge in [0.2, 0.25) is 5.91 Å². The highest BCUT2D eigenvalue weighted by Crippen LogP contribution is 2.09. The van der Waals surface area contributed by atoms with E-state index in [0.717, 1.165) is 32.4 Å². The van der Waals surface area contributed by atoms with Gasteiger partial charge in [-0.05, 0) is 25.7 Å². The summed E-state index contributed by atoms with van der Waals surface area (Å²) in [4.78, 5) is 26.1. The van der Waals surface area contributed by atoms with E-state index < -0.39 is 6.04 Å². The second-order valence-corrected chi connectivity index (χ2v) is 5.38. The van der Waals surface area contributed by atoms with Crippen molar-refractivity contribution in [1.29, 1.82) is 0 Å². The molecule has 0 aromatic carbocycles. The van der Waals surface area contributed by atoms with Gasteiger partial charge in [0.05, 0.1) is 13.2 Å². The second kappa shape index (κ2) is 11.5. The number of carbonyl (C=O) groups excluding carboxylic acids is 2. The molecule has 2 atom stereocenters. The summed E-state index contributed by atoms with van der Waals surface area (Å²) < 4.78 is 5.09. The van der Waals surface area contributed by atoms with E-state index >= 15 is 0 Å². The summed E-state index contributed by atoms with van der Waals surface area (Å²) in [7, 11) is 0. The van der Waals surface area contributed by atoms with E-state index in [1.165, 1.54) is 0 Å². The van der Waals surface area contributed by atoms with Crippen LogP contribution in [-0.4, -0.2) is 49.1 Å². The molecule has 21 heavy (non-hydrogen) atoms. The van der Waals surface area contributed by atoms with Crippen LogP contribution in [0.2, 0.25) is 0 Å². The average Bonchev–Trinajstić information content (AvgIpc) is 2.46. The van der Waals surface area contributed by atoms with E-state index in [1.54, 1.807) is 6.92 Å². The van der Waals surface area contributed by atoms with E-state index in [4.69, 9.17) is 4.74 Å². The van der Waals surface area contributed by atoms with Gasteiger partial charge in [0.15, 0.2) is 0 Å². The Morgan fingerprint density at radius 3 is 2.10 bits per heavy atom. The number of nitrogens with one attached hydrogen (secondary N) is 1. The predicted octanol–water partition coefficient (Wildman–Crippen LogP) is 2.20. The predicted molar refractivity (Wildman–Crippen MR) is 85.0 cm³/mol. The number of nitrogens with zero attached hydrogens (tertiary/aromatic N) is 1. The van der Waals surface area contributed by atoms with Crippen molar-refractivity contribution in [3.8, 4) is 0 Å². The Balaban J connectivity index is 4.57. The molecule has 0 aliphatic carbocycles. The molecule has 0 aliphatic heterocycles. The van der Waals surface area contributed by atoms with E-state index in [0.29, 0.717) is 6.61 Å². The van der Waals surface area contributed by atoms with Gasteiger partial charge in [-0.3, -0.25) is 14.9 Å². The first kappa shape index (κ1) is 19.9. The van der Waals surface area contributed by atoms with Crippen LogP contribution in [0.1, 0.15) is 53.9 Å². The van der Waals surface area contributed by atoms with Crippen LogP contribution >= 0.6 is 0 Å². The van der Waals surface area contributed by atoms with Gasteiger partial charge in [0.1, 0.15) is 6.04 Å². The highest BCUT2D eigenvalue weighted by atomic mass is 16.5. The Morgan fingerprint density at radius 1 is 1.10 bits per heavy atom. The largest absolute Gasteiger partial charge is 0.465 e. The van der Waals surface area contributed by atoms with Crippen molar-refractivity contribution in [2.75, 3.05) is 26.2 Å². The van der Waals surface area contributed by atoms with Crippen molar-refractivity contribution in [3.05, 3.63) is 0 Å². The van der Waals surface area contributed by atoms with Crippen molar-refractivity contribution in [2.45, 2.75) is 59.9 Å². The van der Waals surface area contributed by atoms with E-state index in [9.17, 15) is 9.59 Å². The fourth-order valence-electron chi connectivity index (χ4n) is 2.19. The molecule has 0 aromatic heterocycles. The lowest BCUT2D eigenvalue weighted by atomic mass is 9.99. The first-order valence-corrected chi connectivity index (χ1v) is 8.19. The lowest BCUT2D eigenvalue weighted by molar-refractivity contribution is -0.147. The fourth-order valence-corrected chi connectivity index (χ4v) is 2.19. The summed E-state index contributed by atoms with van der Waals surface area (Å²) >= 11 is 0. The third-order valence-electron chi connectivity index (χ3n) is 3.57. The first-order chi connectivity index (χ1) is 10.0. The first-order valence-electron chi connectivity index (χ1n) is 8.19. The highest BCUT2D eigenvalue weighted by molar-refractivity contribution is 5.80. The quantitative estimate of drug-likeness (QED) is 0.594. The van der Waals surface area contributed by atoms with E-state index in [2.05, 4.69) is 19.2 Å². The molecule has 0 heterocycles. The fraction of sp³-hybridized carbons (Fsp3) is 0.875. The molecule has 0 saturated carbocycles. The van der Waals surface area contributed by atoms with Gasteiger partial charge in [-0.2, -0.15) is 0 Å². The Bertz CT molecular complexity index is 302. The molecule has 0 aromatic rings. The van der Waals surface area contributed by atoms with E-state index in [1.807, 2.05) is 18.7 Å². The molecule has 0 rings (SSSR count). The number of ether oxygens (including phenoxy) is 1. The molecule has 0 unspecified atom stereocenters. The van der Waals surface area contributed by atoms with Crippen molar-refractivity contribution >= 4 is 11.9 Å². The van der Waals surface area contributed by atoms with Gasteiger partial charge in [-0.1, -0.05) is 34.1 Å². The topological polar surface area (TPSA) is 58.6 Å².